The number of ether oxygens (including phenoxy) is 1. The number of anilines is 2. The van der Waals surface area contributed by atoms with Crippen molar-refractivity contribution in [3.63, 3.8) is 0 Å². The fraction of sp³-hybridized carbons (Fsp3) is 0.312. The molecule has 0 unspecified atom stereocenters. The fourth-order valence-electron chi connectivity index (χ4n) is 2.92. The molecule has 7 heteroatoms. The highest BCUT2D eigenvalue weighted by atomic mass is 16.5. The lowest BCUT2D eigenvalue weighted by molar-refractivity contribution is 0.123. The van der Waals surface area contributed by atoms with E-state index in [1.165, 1.54) is 0 Å². The fourth-order valence-corrected chi connectivity index (χ4v) is 2.92. The van der Waals surface area contributed by atoms with Gasteiger partial charge in [0, 0.05) is 32.4 Å². The lowest BCUT2D eigenvalue weighted by atomic mass is 10.3. The van der Waals surface area contributed by atoms with Gasteiger partial charge in [0.05, 0.1) is 18.9 Å². The summed E-state index contributed by atoms with van der Waals surface area (Å²) in [5, 5.41) is 0. The Hall–Kier alpha value is -2.67. The van der Waals surface area contributed by atoms with E-state index in [2.05, 4.69) is 14.9 Å². The first-order valence-electron chi connectivity index (χ1n) is 7.61. The minimum absolute atomic E-state index is 0.495. The molecule has 0 atom stereocenters. The number of imidazole rings is 1. The van der Waals surface area contributed by atoms with Gasteiger partial charge in [-0.15, -0.1) is 0 Å². The molecule has 118 valence electrons. The van der Waals surface area contributed by atoms with Crippen molar-refractivity contribution in [3.05, 3.63) is 30.5 Å². The van der Waals surface area contributed by atoms with Crippen LogP contribution >= 0.6 is 0 Å². The molecule has 1 aliphatic rings. The first kappa shape index (κ1) is 14.0. The first-order valence-corrected chi connectivity index (χ1v) is 7.61. The van der Waals surface area contributed by atoms with E-state index in [1.54, 1.807) is 6.20 Å². The molecule has 4 heterocycles. The number of morpholine rings is 1. The summed E-state index contributed by atoms with van der Waals surface area (Å²) < 4.78 is 7.38. The van der Waals surface area contributed by atoms with Crippen LogP contribution in [0, 0.1) is 0 Å². The molecule has 1 saturated heterocycles. The third kappa shape index (κ3) is 2.39. The SMILES string of the molecule is Cn1c(-c2ccccn2)nc2c(N3CCOCC3)cc(N)nc21. The van der Waals surface area contributed by atoms with Crippen LogP contribution < -0.4 is 10.6 Å². The molecule has 0 aromatic carbocycles. The minimum atomic E-state index is 0.495. The van der Waals surface area contributed by atoms with E-state index in [0.717, 1.165) is 41.5 Å². The molecule has 0 radical (unpaired) electrons. The van der Waals surface area contributed by atoms with Crippen molar-refractivity contribution < 1.29 is 4.74 Å². The molecule has 0 bridgehead atoms. The van der Waals surface area contributed by atoms with Crippen molar-refractivity contribution >= 4 is 22.7 Å². The maximum Gasteiger partial charge on any atom is 0.164 e. The first-order chi connectivity index (χ1) is 11.2. The van der Waals surface area contributed by atoms with Gasteiger partial charge in [-0.05, 0) is 12.1 Å². The topological polar surface area (TPSA) is 82.1 Å². The number of hydrogen-bond acceptors (Lipinski definition) is 6. The molecule has 3 aromatic rings. The molecule has 3 aromatic heterocycles. The molecule has 23 heavy (non-hydrogen) atoms. The zero-order valence-corrected chi connectivity index (χ0v) is 12.9. The van der Waals surface area contributed by atoms with Gasteiger partial charge in [0.2, 0.25) is 0 Å². The molecule has 1 fully saturated rings. The van der Waals surface area contributed by atoms with E-state index in [-0.39, 0.29) is 0 Å². The monoisotopic (exact) mass is 310 g/mol. The van der Waals surface area contributed by atoms with Gasteiger partial charge < -0.3 is 19.9 Å². The van der Waals surface area contributed by atoms with Crippen LogP contribution in [0.2, 0.25) is 0 Å². The van der Waals surface area contributed by atoms with E-state index in [0.29, 0.717) is 19.0 Å². The average molecular weight is 310 g/mol. The molecule has 1 aliphatic heterocycles. The third-order valence-electron chi connectivity index (χ3n) is 4.07. The van der Waals surface area contributed by atoms with Crippen LogP contribution in [0.15, 0.2) is 30.5 Å². The predicted molar refractivity (Wildman–Crippen MR) is 89.2 cm³/mol. The largest absolute Gasteiger partial charge is 0.384 e. The van der Waals surface area contributed by atoms with Gasteiger partial charge in [0.1, 0.15) is 17.0 Å². The summed E-state index contributed by atoms with van der Waals surface area (Å²) in [7, 11) is 1.94. The number of rotatable bonds is 2. The lowest BCUT2D eigenvalue weighted by Gasteiger charge is -2.29. The highest BCUT2D eigenvalue weighted by Gasteiger charge is 2.20. The average Bonchev–Trinajstić information content (AvgIpc) is 2.93. The highest BCUT2D eigenvalue weighted by molar-refractivity contribution is 5.90. The number of nitrogen functional groups attached to an aromatic ring is 1. The smallest absolute Gasteiger partial charge is 0.164 e. The molecule has 0 aliphatic carbocycles. The number of pyridine rings is 2. The Morgan fingerprint density at radius 1 is 1.17 bits per heavy atom. The van der Waals surface area contributed by atoms with Gasteiger partial charge in [-0.3, -0.25) is 4.98 Å². The second-order valence-corrected chi connectivity index (χ2v) is 5.55. The summed E-state index contributed by atoms with van der Waals surface area (Å²) >= 11 is 0. The Morgan fingerprint density at radius 3 is 2.74 bits per heavy atom. The number of aryl methyl sites for hydroxylation is 1. The summed E-state index contributed by atoms with van der Waals surface area (Å²) in [4.78, 5) is 15.9. The van der Waals surface area contributed by atoms with Crippen molar-refractivity contribution in [3.8, 4) is 11.5 Å². The van der Waals surface area contributed by atoms with Crippen LogP contribution in [0.1, 0.15) is 0 Å². The Labute approximate surface area is 133 Å². The number of aromatic nitrogens is 4. The molecular weight excluding hydrogens is 292 g/mol. The normalized spacial score (nSPS) is 15.3. The highest BCUT2D eigenvalue weighted by Crippen LogP contribution is 2.30. The second kappa shape index (κ2) is 5.51. The van der Waals surface area contributed by atoms with Gasteiger partial charge in [0.15, 0.2) is 11.5 Å². The minimum Gasteiger partial charge on any atom is -0.384 e. The number of nitrogens with zero attached hydrogens (tertiary/aromatic N) is 5. The summed E-state index contributed by atoms with van der Waals surface area (Å²) in [6, 6.07) is 7.68. The quantitative estimate of drug-likeness (QED) is 0.771. The van der Waals surface area contributed by atoms with E-state index in [9.17, 15) is 0 Å². The van der Waals surface area contributed by atoms with Crippen molar-refractivity contribution in [1.29, 1.82) is 0 Å². The molecule has 4 rings (SSSR count). The molecule has 0 spiro atoms. The van der Waals surface area contributed by atoms with Crippen LogP contribution in [0.5, 0.6) is 0 Å². The van der Waals surface area contributed by atoms with Crippen molar-refractivity contribution in [2.24, 2.45) is 7.05 Å². The summed E-state index contributed by atoms with van der Waals surface area (Å²) in [6.45, 7) is 3.08. The summed E-state index contributed by atoms with van der Waals surface area (Å²) in [5.74, 6) is 1.28. The zero-order valence-electron chi connectivity index (χ0n) is 12.9. The van der Waals surface area contributed by atoms with Crippen molar-refractivity contribution in [1.82, 2.24) is 19.5 Å². The van der Waals surface area contributed by atoms with E-state index in [4.69, 9.17) is 15.5 Å². The van der Waals surface area contributed by atoms with Gasteiger partial charge in [-0.1, -0.05) is 6.07 Å². The Kier molecular flexibility index (Phi) is 3.34. The molecule has 7 nitrogen and oxygen atoms in total. The van der Waals surface area contributed by atoms with Gasteiger partial charge in [0.25, 0.3) is 0 Å². The zero-order chi connectivity index (χ0) is 15.8. The van der Waals surface area contributed by atoms with Crippen LogP contribution in [-0.2, 0) is 11.8 Å². The summed E-state index contributed by atoms with van der Waals surface area (Å²) in [5.41, 5.74) is 9.47. The van der Waals surface area contributed by atoms with E-state index in [1.807, 2.05) is 35.9 Å². The third-order valence-corrected chi connectivity index (χ3v) is 4.07. The molecule has 2 N–H and O–H groups in total. The maximum atomic E-state index is 6.02. The van der Waals surface area contributed by atoms with Crippen molar-refractivity contribution in [2.45, 2.75) is 0 Å². The van der Waals surface area contributed by atoms with E-state index >= 15 is 0 Å². The Balaban J connectivity index is 1.91. The Bertz CT molecular complexity index is 839. The standard InChI is InChI=1S/C16H18N6O/c1-21-15(11-4-2-3-5-18-11)20-14-12(10-13(17)19-16(14)21)22-6-8-23-9-7-22/h2-5,10H,6-9H2,1H3,(H2,17,19). The van der Waals surface area contributed by atoms with E-state index < -0.39 is 0 Å². The lowest BCUT2D eigenvalue weighted by Crippen LogP contribution is -2.36. The van der Waals surface area contributed by atoms with Crippen LogP contribution in [0.25, 0.3) is 22.7 Å². The molecule has 0 saturated carbocycles. The van der Waals surface area contributed by atoms with Crippen LogP contribution in [-0.4, -0.2) is 45.8 Å². The number of hydrogen-bond donors (Lipinski definition) is 1. The number of nitrogens with two attached hydrogens (primary N) is 1. The van der Waals surface area contributed by atoms with Crippen molar-refractivity contribution in [2.75, 3.05) is 36.9 Å². The number of fused-ring (bicyclic) bond motifs is 1. The van der Waals surface area contributed by atoms with Gasteiger partial charge in [-0.25, -0.2) is 9.97 Å². The predicted octanol–water partition coefficient (Wildman–Crippen LogP) is 1.45. The molecular formula is C16H18N6O. The van der Waals surface area contributed by atoms with Crippen LogP contribution in [0.4, 0.5) is 11.5 Å². The van der Waals surface area contributed by atoms with Gasteiger partial charge >= 0.3 is 0 Å². The Morgan fingerprint density at radius 2 is 2.00 bits per heavy atom. The maximum absolute atomic E-state index is 6.02. The molecule has 0 amide bonds. The van der Waals surface area contributed by atoms with Gasteiger partial charge in [-0.2, -0.15) is 0 Å². The second-order valence-electron chi connectivity index (χ2n) is 5.55. The summed E-state index contributed by atoms with van der Waals surface area (Å²) in [6.07, 6.45) is 1.76. The van der Waals surface area contributed by atoms with Crippen LogP contribution in [0.3, 0.4) is 0 Å².